The van der Waals surface area contributed by atoms with Gasteiger partial charge in [0.1, 0.15) is 0 Å². The van der Waals surface area contributed by atoms with E-state index in [0.717, 1.165) is 0 Å². The van der Waals surface area contributed by atoms with E-state index in [9.17, 15) is 9.18 Å². The van der Waals surface area contributed by atoms with Crippen molar-refractivity contribution in [1.82, 2.24) is 0 Å². The first-order chi connectivity index (χ1) is 9.51. The van der Waals surface area contributed by atoms with E-state index in [1.165, 1.54) is 36.4 Å². The van der Waals surface area contributed by atoms with Crippen LogP contribution in [-0.4, -0.2) is 5.91 Å². The second kappa shape index (κ2) is 5.91. The number of benzene rings is 2. The van der Waals surface area contributed by atoms with Crippen molar-refractivity contribution in [1.29, 1.82) is 5.26 Å². The number of anilines is 1. The van der Waals surface area contributed by atoms with E-state index in [4.69, 9.17) is 28.5 Å². The third kappa shape index (κ3) is 3.08. The summed E-state index contributed by atoms with van der Waals surface area (Å²) in [4.78, 5) is 11.9. The van der Waals surface area contributed by atoms with Crippen molar-refractivity contribution < 1.29 is 9.18 Å². The quantitative estimate of drug-likeness (QED) is 0.843. The van der Waals surface area contributed by atoms with Crippen molar-refractivity contribution in [2.24, 2.45) is 0 Å². The van der Waals surface area contributed by atoms with Crippen LogP contribution < -0.4 is 5.32 Å². The minimum atomic E-state index is -0.732. The summed E-state index contributed by atoms with van der Waals surface area (Å²) in [6, 6.07) is 10.6. The van der Waals surface area contributed by atoms with Gasteiger partial charge in [-0.05, 0) is 36.4 Å². The van der Waals surface area contributed by atoms with Crippen LogP contribution in [0.4, 0.5) is 10.1 Å². The third-order valence-corrected chi connectivity index (χ3v) is 3.07. The monoisotopic (exact) mass is 308 g/mol. The van der Waals surface area contributed by atoms with E-state index in [0.29, 0.717) is 11.1 Å². The van der Waals surface area contributed by atoms with E-state index >= 15 is 0 Å². The molecule has 0 bridgehead atoms. The molecule has 0 aliphatic rings. The fourth-order valence-corrected chi connectivity index (χ4v) is 2.01. The number of halogens is 3. The molecule has 0 heterocycles. The number of nitriles is 1. The lowest BCUT2D eigenvalue weighted by molar-refractivity contribution is 0.102. The molecule has 2 aromatic rings. The van der Waals surface area contributed by atoms with Gasteiger partial charge in [-0.3, -0.25) is 4.79 Å². The first kappa shape index (κ1) is 14.3. The average molecular weight is 309 g/mol. The maximum atomic E-state index is 13.2. The smallest absolute Gasteiger partial charge is 0.255 e. The molecule has 1 amide bonds. The number of amides is 1. The lowest BCUT2D eigenvalue weighted by Crippen LogP contribution is -2.11. The summed E-state index contributed by atoms with van der Waals surface area (Å²) in [5.74, 6) is -1.14. The molecule has 2 aromatic carbocycles. The normalized spacial score (nSPS) is 9.90. The molecule has 0 unspecified atom stereocenters. The highest BCUT2D eigenvalue weighted by Crippen LogP contribution is 2.27. The molecule has 0 radical (unpaired) electrons. The maximum Gasteiger partial charge on any atom is 0.255 e. The van der Waals surface area contributed by atoms with Gasteiger partial charge in [0.05, 0.1) is 21.7 Å². The second-order valence-electron chi connectivity index (χ2n) is 3.90. The van der Waals surface area contributed by atoms with Gasteiger partial charge >= 0.3 is 0 Å². The summed E-state index contributed by atoms with van der Waals surface area (Å²) in [6.07, 6.45) is 0. The van der Waals surface area contributed by atoms with Crippen LogP contribution in [0.5, 0.6) is 0 Å². The molecular formula is C14H7Cl2FN2O. The van der Waals surface area contributed by atoms with Gasteiger partial charge < -0.3 is 5.32 Å². The second-order valence-corrected chi connectivity index (χ2v) is 4.71. The number of hydrogen-bond acceptors (Lipinski definition) is 2. The number of nitrogens with zero attached hydrogens (tertiary/aromatic N) is 1. The molecule has 3 nitrogen and oxygen atoms in total. The highest BCUT2D eigenvalue weighted by molar-refractivity contribution is 6.35. The zero-order valence-electron chi connectivity index (χ0n) is 9.95. The highest BCUT2D eigenvalue weighted by Gasteiger charge is 2.11. The number of nitrogens with one attached hydrogen (secondary N) is 1. The number of hydrogen-bond donors (Lipinski definition) is 1. The Kier molecular flexibility index (Phi) is 4.23. The van der Waals surface area contributed by atoms with Crippen LogP contribution in [0.15, 0.2) is 36.4 Å². The lowest BCUT2D eigenvalue weighted by atomic mass is 10.1. The Hall–Kier alpha value is -2.09. The summed E-state index contributed by atoms with van der Waals surface area (Å²) in [5, 5.41) is 10.9. The SMILES string of the molecule is N#Cc1ccc(C(=O)Nc2cc(Cl)c(F)c(Cl)c2)cc1. The minimum absolute atomic E-state index is 0.173. The van der Waals surface area contributed by atoms with Crippen molar-refractivity contribution in [3.05, 3.63) is 63.4 Å². The molecule has 0 fully saturated rings. The van der Waals surface area contributed by atoms with Crippen molar-refractivity contribution >= 4 is 34.8 Å². The average Bonchev–Trinajstić information content (AvgIpc) is 2.44. The summed E-state index contributed by atoms with van der Waals surface area (Å²) in [5.41, 5.74) is 1.10. The summed E-state index contributed by atoms with van der Waals surface area (Å²) in [6.45, 7) is 0. The van der Waals surface area contributed by atoms with Crippen LogP contribution in [0.2, 0.25) is 10.0 Å². The summed E-state index contributed by atoms with van der Waals surface area (Å²) >= 11 is 11.3. The van der Waals surface area contributed by atoms with Gasteiger partial charge in [0, 0.05) is 11.3 Å². The van der Waals surface area contributed by atoms with Gasteiger partial charge in [-0.2, -0.15) is 5.26 Å². The van der Waals surface area contributed by atoms with Crippen molar-refractivity contribution in [2.45, 2.75) is 0 Å². The highest BCUT2D eigenvalue weighted by atomic mass is 35.5. The Balaban J connectivity index is 2.21. The molecule has 0 aromatic heterocycles. The third-order valence-electron chi connectivity index (χ3n) is 2.52. The molecular weight excluding hydrogens is 302 g/mol. The number of carbonyl (C=O) groups is 1. The molecule has 0 saturated heterocycles. The molecule has 1 N–H and O–H groups in total. The molecule has 6 heteroatoms. The lowest BCUT2D eigenvalue weighted by Gasteiger charge is -2.07. The van der Waals surface area contributed by atoms with Gasteiger partial charge in [-0.1, -0.05) is 23.2 Å². The largest absolute Gasteiger partial charge is 0.322 e. The van der Waals surface area contributed by atoms with E-state index in [-0.39, 0.29) is 15.7 Å². The predicted octanol–water partition coefficient (Wildman–Crippen LogP) is 4.26. The molecule has 100 valence electrons. The Morgan fingerprint density at radius 3 is 2.20 bits per heavy atom. The molecule has 0 saturated carbocycles. The molecule has 0 aliphatic heterocycles. The minimum Gasteiger partial charge on any atom is -0.322 e. The standard InChI is InChI=1S/C14H7Cl2FN2O/c15-11-5-10(6-12(16)13(11)17)19-14(20)9-3-1-8(7-18)2-4-9/h1-6H,(H,19,20). The zero-order chi connectivity index (χ0) is 14.7. The Morgan fingerprint density at radius 1 is 1.15 bits per heavy atom. The number of carbonyl (C=O) groups excluding carboxylic acids is 1. The fraction of sp³-hybridized carbons (Fsp3) is 0. The van der Waals surface area contributed by atoms with Crippen molar-refractivity contribution in [3.8, 4) is 6.07 Å². The topological polar surface area (TPSA) is 52.9 Å². The molecule has 0 aliphatic carbocycles. The van der Waals surface area contributed by atoms with E-state index in [1.54, 1.807) is 0 Å². The van der Waals surface area contributed by atoms with Crippen LogP contribution in [-0.2, 0) is 0 Å². The Morgan fingerprint density at radius 2 is 1.70 bits per heavy atom. The van der Waals surface area contributed by atoms with E-state index in [2.05, 4.69) is 5.32 Å². The Labute approximate surface area is 124 Å². The van der Waals surface area contributed by atoms with E-state index < -0.39 is 11.7 Å². The maximum absolute atomic E-state index is 13.2. The summed E-state index contributed by atoms with van der Waals surface area (Å²) < 4.78 is 13.2. The van der Waals surface area contributed by atoms with E-state index in [1.807, 2.05) is 6.07 Å². The van der Waals surface area contributed by atoms with Gasteiger partial charge in [0.2, 0.25) is 0 Å². The fourth-order valence-electron chi connectivity index (χ4n) is 1.53. The van der Waals surface area contributed by atoms with Crippen LogP contribution in [0.3, 0.4) is 0 Å². The first-order valence-electron chi connectivity index (χ1n) is 5.47. The van der Waals surface area contributed by atoms with Crippen LogP contribution in [0, 0.1) is 17.1 Å². The van der Waals surface area contributed by atoms with Gasteiger partial charge in [-0.25, -0.2) is 4.39 Å². The van der Waals surface area contributed by atoms with Crippen LogP contribution in [0.25, 0.3) is 0 Å². The van der Waals surface area contributed by atoms with Gasteiger partial charge in [-0.15, -0.1) is 0 Å². The predicted molar refractivity (Wildman–Crippen MR) is 75.5 cm³/mol. The number of rotatable bonds is 2. The zero-order valence-corrected chi connectivity index (χ0v) is 11.5. The Bertz CT molecular complexity index is 685. The van der Waals surface area contributed by atoms with Gasteiger partial charge in [0.25, 0.3) is 5.91 Å². The first-order valence-corrected chi connectivity index (χ1v) is 6.23. The van der Waals surface area contributed by atoms with Crippen LogP contribution in [0.1, 0.15) is 15.9 Å². The van der Waals surface area contributed by atoms with Crippen LogP contribution >= 0.6 is 23.2 Å². The van der Waals surface area contributed by atoms with Crippen molar-refractivity contribution in [2.75, 3.05) is 5.32 Å². The molecule has 20 heavy (non-hydrogen) atoms. The molecule has 0 atom stereocenters. The summed E-state index contributed by atoms with van der Waals surface area (Å²) in [7, 11) is 0. The molecule has 0 spiro atoms. The van der Waals surface area contributed by atoms with Crippen molar-refractivity contribution in [3.63, 3.8) is 0 Å². The molecule has 2 rings (SSSR count). The van der Waals surface area contributed by atoms with Gasteiger partial charge in [0.15, 0.2) is 5.82 Å².